The maximum Gasteiger partial charge on any atom is 0.299 e. The molecule has 0 N–H and O–H groups in total. The van der Waals surface area contributed by atoms with E-state index in [4.69, 9.17) is 11.6 Å². The van der Waals surface area contributed by atoms with Crippen LogP contribution in [0, 0.1) is 13.8 Å². The first-order chi connectivity index (χ1) is 9.99. The zero-order chi connectivity index (χ0) is 15.1. The van der Waals surface area contributed by atoms with Gasteiger partial charge >= 0.3 is 0 Å². The molecule has 0 radical (unpaired) electrons. The molecule has 0 fully saturated rings. The minimum Gasteiger partial charge on any atom is -0.298 e. The molecular weight excluding hydrogens is 288 g/mol. The second-order valence-corrected chi connectivity index (χ2v) is 5.55. The van der Waals surface area contributed by atoms with Crippen molar-refractivity contribution in [2.24, 2.45) is 0 Å². The van der Waals surface area contributed by atoms with Crippen LogP contribution in [-0.4, -0.2) is 16.7 Å². The van der Waals surface area contributed by atoms with Crippen molar-refractivity contribution in [3.8, 4) is 0 Å². The molecule has 3 rings (SSSR count). The van der Waals surface area contributed by atoms with Crippen molar-refractivity contribution in [1.82, 2.24) is 4.98 Å². The van der Waals surface area contributed by atoms with Crippen molar-refractivity contribution in [3.05, 3.63) is 57.9 Å². The number of pyridine rings is 1. The Morgan fingerprint density at radius 2 is 1.86 bits per heavy atom. The molecule has 1 aromatic carbocycles. The van der Waals surface area contributed by atoms with Gasteiger partial charge in [0, 0.05) is 11.2 Å². The molecule has 0 saturated carbocycles. The summed E-state index contributed by atoms with van der Waals surface area (Å²) in [7, 11) is 0. The number of fused-ring (bicyclic) bond motifs is 1. The molecule has 21 heavy (non-hydrogen) atoms. The Kier molecular flexibility index (Phi) is 3.26. The van der Waals surface area contributed by atoms with E-state index in [-0.39, 0.29) is 6.54 Å². The van der Waals surface area contributed by atoms with Crippen molar-refractivity contribution in [3.63, 3.8) is 0 Å². The first-order valence-electron chi connectivity index (χ1n) is 6.56. The predicted molar refractivity (Wildman–Crippen MR) is 80.7 cm³/mol. The number of halogens is 1. The molecule has 0 spiro atoms. The van der Waals surface area contributed by atoms with E-state index in [1.165, 1.54) is 4.90 Å². The molecule has 4 nitrogen and oxygen atoms in total. The monoisotopic (exact) mass is 300 g/mol. The molecule has 2 heterocycles. The SMILES string of the molecule is Cc1ccc(C)c2c1C(=O)C(=O)N2Cc1cc(Cl)ccn1. The number of nitrogens with zero attached hydrogens (tertiary/aromatic N) is 2. The minimum atomic E-state index is -0.510. The van der Waals surface area contributed by atoms with Gasteiger partial charge in [-0.3, -0.25) is 19.5 Å². The molecule has 1 amide bonds. The summed E-state index contributed by atoms with van der Waals surface area (Å²) in [4.78, 5) is 30.2. The lowest BCUT2D eigenvalue weighted by Gasteiger charge is -2.18. The second kappa shape index (κ2) is 4.97. The van der Waals surface area contributed by atoms with Gasteiger partial charge in [-0.25, -0.2) is 0 Å². The summed E-state index contributed by atoms with van der Waals surface area (Å²) in [6.45, 7) is 3.97. The van der Waals surface area contributed by atoms with Gasteiger partial charge in [-0.1, -0.05) is 23.7 Å². The Morgan fingerprint density at radius 1 is 1.14 bits per heavy atom. The highest BCUT2D eigenvalue weighted by atomic mass is 35.5. The first kappa shape index (κ1) is 13.8. The number of hydrogen-bond donors (Lipinski definition) is 0. The fraction of sp³-hybridized carbons (Fsp3) is 0.188. The number of aromatic nitrogens is 1. The average Bonchev–Trinajstić information content (AvgIpc) is 2.69. The van der Waals surface area contributed by atoms with Gasteiger partial charge in [-0.05, 0) is 37.1 Å². The molecule has 1 aliphatic heterocycles. The largest absolute Gasteiger partial charge is 0.299 e. The fourth-order valence-electron chi connectivity index (χ4n) is 2.61. The molecule has 106 valence electrons. The summed E-state index contributed by atoms with van der Waals surface area (Å²) in [5.74, 6) is -0.961. The molecule has 0 bridgehead atoms. The van der Waals surface area contributed by atoms with Crippen molar-refractivity contribution in [2.75, 3.05) is 4.90 Å². The zero-order valence-electron chi connectivity index (χ0n) is 11.7. The van der Waals surface area contributed by atoms with E-state index in [1.54, 1.807) is 18.3 Å². The molecular formula is C16H13ClN2O2. The quantitative estimate of drug-likeness (QED) is 0.801. The second-order valence-electron chi connectivity index (χ2n) is 5.11. The van der Waals surface area contributed by atoms with Gasteiger partial charge in [-0.15, -0.1) is 0 Å². The van der Waals surface area contributed by atoms with Crippen LogP contribution in [0.4, 0.5) is 5.69 Å². The molecule has 1 aromatic heterocycles. The highest BCUT2D eigenvalue weighted by molar-refractivity contribution is 6.52. The van der Waals surface area contributed by atoms with E-state index in [0.29, 0.717) is 22.0 Å². The van der Waals surface area contributed by atoms with Crippen LogP contribution in [0.5, 0.6) is 0 Å². The predicted octanol–water partition coefficient (Wildman–Crippen LogP) is 3.08. The summed E-state index contributed by atoms with van der Waals surface area (Å²) < 4.78 is 0. The molecule has 5 heteroatoms. The van der Waals surface area contributed by atoms with Gasteiger partial charge in [0.1, 0.15) is 0 Å². The van der Waals surface area contributed by atoms with Crippen LogP contribution in [-0.2, 0) is 11.3 Å². The molecule has 0 aliphatic carbocycles. The van der Waals surface area contributed by atoms with Crippen LogP contribution >= 0.6 is 11.6 Å². The zero-order valence-corrected chi connectivity index (χ0v) is 12.4. The van der Waals surface area contributed by atoms with Crippen molar-refractivity contribution in [2.45, 2.75) is 20.4 Å². The van der Waals surface area contributed by atoms with Crippen LogP contribution < -0.4 is 4.90 Å². The molecule has 0 saturated heterocycles. The van der Waals surface area contributed by atoms with Crippen LogP contribution in [0.25, 0.3) is 0 Å². The van der Waals surface area contributed by atoms with Crippen molar-refractivity contribution >= 4 is 29.0 Å². The van der Waals surface area contributed by atoms with Crippen LogP contribution in [0.1, 0.15) is 27.2 Å². The third kappa shape index (κ3) is 2.21. The third-order valence-electron chi connectivity index (χ3n) is 3.62. The standard InChI is InChI=1S/C16H13ClN2O2/c1-9-3-4-10(2)14-13(9)15(20)16(21)19(14)8-12-7-11(17)5-6-18-12/h3-7H,8H2,1-2H3. The van der Waals surface area contributed by atoms with Crippen molar-refractivity contribution in [1.29, 1.82) is 0 Å². The number of amides is 1. The lowest BCUT2D eigenvalue weighted by Crippen LogP contribution is -2.29. The average molecular weight is 301 g/mol. The minimum absolute atomic E-state index is 0.239. The van der Waals surface area contributed by atoms with Crippen LogP contribution in [0.15, 0.2) is 30.5 Å². The highest BCUT2D eigenvalue weighted by Gasteiger charge is 2.38. The summed E-state index contributed by atoms with van der Waals surface area (Å²) in [6.07, 6.45) is 1.59. The Labute approximate surface area is 127 Å². The maximum absolute atomic E-state index is 12.3. The smallest absolute Gasteiger partial charge is 0.298 e. The van der Waals surface area contributed by atoms with Crippen molar-refractivity contribution < 1.29 is 9.59 Å². The number of carbonyl (C=O) groups excluding carboxylic acids is 2. The number of anilines is 1. The third-order valence-corrected chi connectivity index (χ3v) is 3.86. The summed E-state index contributed by atoms with van der Waals surface area (Å²) in [5.41, 5.74) is 3.55. The lowest BCUT2D eigenvalue weighted by molar-refractivity contribution is -0.114. The highest BCUT2D eigenvalue weighted by Crippen LogP contribution is 2.35. The van der Waals surface area contributed by atoms with E-state index in [2.05, 4.69) is 4.98 Å². The van der Waals surface area contributed by atoms with Gasteiger partial charge in [0.05, 0.1) is 23.5 Å². The molecule has 0 atom stereocenters. The number of Topliss-reactive ketones (excluding diaryl/α,β-unsaturated/α-hetero) is 1. The number of rotatable bonds is 2. The summed E-state index contributed by atoms with van der Waals surface area (Å²) in [6, 6.07) is 7.15. The molecule has 0 unspecified atom stereocenters. The topological polar surface area (TPSA) is 50.3 Å². The summed E-state index contributed by atoms with van der Waals surface area (Å²) >= 11 is 5.94. The van der Waals surface area contributed by atoms with E-state index in [1.807, 2.05) is 26.0 Å². The summed E-state index contributed by atoms with van der Waals surface area (Å²) in [5, 5.41) is 0.555. The number of carbonyl (C=O) groups is 2. The fourth-order valence-corrected chi connectivity index (χ4v) is 2.79. The van der Waals surface area contributed by atoms with E-state index in [0.717, 1.165) is 11.1 Å². The maximum atomic E-state index is 12.3. The van der Waals surface area contributed by atoms with E-state index >= 15 is 0 Å². The Balaban J connectivity index is 2.08. The van der Waals surface area contributed by atoms with Gasteiger partial charge < -0.3 is 0 Å². The van der Waals surface area contributed by atoms with Gasteiger partial charge in [0.25, 0.3) is 11.7 Å². The van der Waals surface area contributed by atoms with Gasteiger partial charge in [-0.2, -0.15) is 0 Å². The van der Waals surface area contributed by atoms with E-state index in [9.17, 15) is 9.59 Å². The van der Waals surface area contributed by atoms with E-state index < -0.39 is 11.7 Å². The molecule has 1 aliphatic rings. The Morgan fingerprint density at radius 3 is 2.57 bits per heavy atom. The Hall–Kier alpha value is -2.20. The number of benzene rings is 1. The Bertz CT molecular complexity index is 771. The number of ketones is 1. The van der Waals surface area contributed by atoms with Gasteiger partial charge in [0.2, 0.25) is 0 Å². The van der Waals surface area contributed by atoms with Crippen LogP contribution in [0.3, 0.4) is 0 Å². The first-order valence-corrected chi connectivity index (χ1v) is 6.93. The van der Waals surface area contributed by atoms with Crippen LogP contribution in [0.2, 0.25) is 5.02 Å². The van der Waals surface area contributed by atoms with Gasteiger partial charge in [0.15, 0.2) is 0 Å². The lowest BCUT2D eigenvalue weighted by atomic mass is 10.0. The number of hydrogen-bond acceptors (Lipinski definition) is 3. The number of aryl methyl sites for hydroxylation is 2. The normalized spacial score (nSPS) is 13.8. The molecule has 2 aromatic rings.